The number of nitro benzene ring substituents is 1. The lowest BCUT2D eigenvalue weighted by Gasteiger charge is -2.04. The molecule has 0 saturated carbocycles. The van der Waals surface area contributed by atoms with Crippen LogP contribution < -0.4 is 0 Å². The van der Waals surface area contributed by atoms with Crippen LogP contribution in [0.2, 0.25) is 0 Å². The highest BCUT2D eigenvalue weighted by atomic mass is 16.6. The first-order valence-corrected chi connectivity index (χ1v) is 5.42. The number of aliphatic hydroxyl groups excluding tert-OH is 1. The van der Waals surface area contributed by atoms with Gasteiger partial charge in [0.25, 0.3) is 5.69 Å². The third-order valence-corrected chi connectivity index (χ3v) is 2.53. The Labute approximate surface area is 103 Å². The average molecular weight is 248 g/mol. The third-order valence-electron chi connectivity index (χ3n) is 2.53. The molecule has 0 aliphatic rings. The van der Waals surface area contributed by atoms with Crippen LogP contribution in [0.15, 0.2) is 28.9 Å². The highest BCUT2D eigenvalue weighted by Crippen LogP contribution is 2.27. The van der Waals surface area contributed by atoms with Gasteiger partial charge in [0.2, 0.25) is 5.89 Å². The van der Waals surface area contributed by atoms with Crippen molar-refractivity contribution in [2.45, 2.75) is 13.3 Å². The predicted octanol–water partition coefficient (Wildman–Crippen LogP) is 2.09. The Hall–Kier alpha value is -2.21. The summed E-state index contributed by atoms with van der Waals surface area (Å²) in [6, 6.07) is 4.43. The molecule has 0 radical (unpaired) electrons. The predicted molar refractivity (Wildman–Crippen MR) is 64.1 cm³/mol. The zero-order chi connectivity index (χ0) is 13.1. The first kappa shape index (κ1) is 12.3. The lowest BCUT2D eigenvalue weighted by atomic mass is 10.0. The molecular weight excluding hydrogens is 236 g/mol. The Balaban J connectivity index is 2.53. The van der Waals surface area contributed by atoms with E-state index in [1.165, 1.54) is 18.4 Å². The van der Waals surface area contributed by atoms with Gasteiger partial charge in [-0.1, -0.05) is 6.07 Å². The highest BCUT2D eigenvalue weighted by molar-refractivity contribution is 5.63. The fourth-order valence-electron chi connectivity index (χ4n) is 1.69. The number of hydrogen-bond donors (Lipinski definition) is 1. The maximum atomic E-state index is 10.8. The molecule has 2 rings (SSSR count). The van der Waals surface area contributed by atoms with E-state index in [1.54, 1.807) is 13.0 Å². The van der Waals surface area contributed by atoms with E-state index >= 15 is 0 Å². The first-order valence-electron chi connectivity index (χ1n) is 5.42. The number of rotatable bonds is 4. The summed E-state index contributed by atoms with van der Waals surface area (Å²) in [4.78, 5) is 14.4. The second kappa shape index (κ2) is 4.97. The number of nitro groups is 1. The lowest BCUT2D eigenvalue weighted by molar-refractivity contribution is -0.384. The van der Waals surface area contributed by atoms with E-state index in [4.69, 9.17) is 9.52 Å². The Morgan fingerprint density at radius 2 is 2.28 bits per heavy atom. The normalized spacial score (nSPS) is 10.6. The van der Waals surface area contributed by atoms with E-state index in [1.807, 2.05) is 0 Å². The van der Waals surface area contributed by atoms with Crippen molar-refractivity contribution >= 4 is 5.69 Å². The van der Waals surface area contributed by atoms with Crippen LogP contribution >= 0.6 is 0 Å². The number of aliphatic hydroxyl groups is 1. The van der Waals surface area contributed by atoms with Crippen molar-refractivity contribution in [2.75, 3.05) is 6.61 Å². The molecule has 6 heteroatoms. The molecule has 1 aromatic heterocycles. The van der Waals surface area contributed by atoms with Gasteiger partial charge < -0.3 is 9.52 Å². The van der Waals surface area contributed by atoms with Gasteiger partial charge in [0.05, 0.1) is 10.6 Å². The quantitative estimate of drug-likeness (QED) is 0.661. The summed E-state index contributed by atoms with van der Waals surface area (Å²) >= 11 is 0. The molecule has 0 bridgehead atoms. The largest absolute Gasteiger partial charge is 0.444 e. The van der Waals surface area contributed by atoms with Crippen molar-refractivity contribution in [1.29, 1.82) is 0 Å². The lowest BCUT2D eigenvalue weighted by Crippen LogP contribution is -1.97. The molecule has 0 spiro atoms. The van der Waals surface area contributed by atoms with Gasteiger partial charge >= 0.3 is 0 Å². The molecule has 1 aromatic carbocycles. The number of aryl methyl sites for hydroxylation is 1. The van der Waals surface area contributed by atoms with Gasteiger partial charge in [0.15, 0.2) is 0 Å². The van der Waals surface area contributed by atoms with Gasteiger partial charge in [0.1, 0.15) is 6.26 Å². The van der Waals surface area contributed by atoms with Crippen molar-refractivity contribution in [2.24, 2.45) is 0 Å². The van der Waals surface area contributed by atoms with Crippen LogP contribution in [-0.4, -0.2) is 21.6 Å². The molecule has 0 saturated heterocycles. The summed E-state index contributed by atoms with van der Waals surface area (Å²) in [6.07, 6.45) is 1.88. The van der Waals surface area contributed by atoms with Crippen molar-refractivity contribution < 1.29 is 14.4 Å². The van der Waals surface area contributed by atoms with Crippen molar-refractivity contribution in [3.63, 3.8) is 0 Å². The number of non-ortho nitro benzene ring substituents is 1. The standard InChI is InChI=1S/C12H12N2O4/c1-8-7-18-12(13-8)11-6-10(14(16)17)3-2-9(11)4-5-15/h2-3,6-7,15H,4-5H2,1H3. The second-order valence-electron chi connectivity index (χ2n) is 3.87. The van der Waals surface area contributed by atoms with Gasteiger partial charge in [-0.25, -0.2) is 4.98 Å². The number of benzene rings is 1. The molecule has 0 aliphatic heterocycles. The van der Waals surface area contributed by atoms with Crippen LogP contribution in [0.4, 0.5) is 5.69 Å². The minimum absolute atomic E-state index is 0.0254. The fraction of sp³-hybridized carbons (Fsp3) is 0.250. The SMILES string of the molecule is Cc1coc(-c2cc([N+](=O)[O-])ccc2CCO)n1. The minimum atomic E-state index is -0.470. The summed E-state index contributed by atoms with van der Waals surface area (Å²) in [7, 11) is 0. The van der Waals surface area contributed by atoms with Gasteiger partial charge in [-0.2, -0.15) is 0 Å². The molecule has 0 fully saturated rings. The maximum Gasteiger partial charge on any atom is 0.270 e. The molecular formula is C12H12N2O4. The fourth-order valence-corrected chi connectivity index (χ4v) is 1.69. The van der Waals surface area contributed by atoms with Crippen LogP contribution in [-0.2, 0) is 6.42 Å². The van der Waals surface area contributed by atoms with Gasteiger partial charge in [-0.15, -0.1) is 0 Å². The Kier molecular flexibility index (Phi) is 3.38. The number of nitrogens with zero attached hydrogens (tertiary/aromatic N) is 2. The summed E-state index contributed by atoms with van der Waals surface area (Å²) in [5, 5.41) is 19.8. The van der Waals surface area contributed by atoms with E-state index in [0.29, 0.717) is 23.6 Å². The smallest absolute Gasteiger partial charge is 0.270 e. The van der Waals surface area contributed by atoms with Crippen LogP contribution in [0, 0.1) is 17.0 Å². The molecule has 0 atom stereocenters. The average Bonchev–Trinajstić information content (AvgIpc) is 2.76. The molecule has 0 amide bonds. The van der Waals surface area contributed by atoms with Gasteiger partial charge in [-0.05, 0) is 18.9 Å². The van der Waals surface area contributed by atoms with Crippen LogP contribution in [0.5, 0.6) is 0 Å². The minimum Gasteiger partial charge on any atom is -0.444 e. The molecule has 18 heavy (non-hydrogen) atoms. The zero-order valence-corrected chi connectivity index (χ0v) is 9.79. The number of oxazole rings is 1. The highest BCUT2D eigenvalue weighted by Gasteiger charge is 2.15. The Morgan fingerprint density at radius 1 is 1.50 bits per heavy atom. The van der Waals surface area contributed by atoms with Crippen LogP contribution in [0.25, 0.3) is 11.5 Å². The monoisotopic (exact) mass is 248 g/mol. The summed E-state index contributed by atoms with van der Waals surface area (Å²) in [5.74, 6) is 0.333. The summed E-state index contributed by atoms with van der Waals surface area (Å²) < 4.78 is 5.26. The number of aromatic nitrogens is 1. The molecule has 0 unspecified atom stereocenters. The zero-order valence-electron chi connectivity index (χ0n) is 9.79. The topological polar surface area (TPSA) is 89.4 Å². The molecule has 2 aromatic rings. The molecule has 1 heterocycles. The maximum absolute atomic E-state index is 10.8. The van der Waals surface area contributed by atoms with E-state index in [0.717, 1.165) is 5.56 Å². The van der Waals surface area contributed by atoms with Crippen LogP contribution in [0.3, 0.4) is 0 Å². The van der Waals surface area contributed by atoms with E-state index in [-0.39, 0.29) is 12.3 Å². The Morgan fingerprint density at radius 3 is 2.83 bits per heavy atom. The number of hydrogen-bond acceptors (Lipinski definition) is 5. The van der Waals surface area contributed by atoms with Crippen molar-refractivity contribution in [1.82, 2.24) is 4.98 Å². The molecule has 94 valence electrons. The van der Waals surface area contributed by atoms with E-state index < -0.39 is 4.92 Å². The van der Waals surface area contributed by atoms with Crippen molar-refractivity contribution in [3.05, 3.63) is 45.8 Å². The van der Waals surface area contributed by atoms with E-state index in [2.05, 4.69) is 4.98 Å². The molecule has 0 aliphatic carbocycles. The van der Waals surface area contributed by atoms with Gasteiger partial charge in [-0.3, -0.25) is 10.1 Å². The molecule has 1 N–H and O–H groups in total. The van der Waals surface area contributed by atoms with Crippen LogP contribution in [0.1, 0.15) is 11.3 Å². The van der Waals surface area contributed by atoms with Crippen molar-refractivity contribution in [3.8, 4) is 11.5 Å². The Bertz CT molecular complexity index is 577. The molecule has 6 nitrogen and oxygen atoms in total. The summed E-state index contributed by atoms with van der Waals surface area (Å²) in [6.45, 7) is 1.74. The van der Waals surface area contributed by atoms with E-state index in [9.17, 15) is 10.1 Å². The first-order chi connectivity index (χ1) is 8.61. The third kappa shape index (κ3) is 2.38. The summed E-state index contributed by atoms with van der Waals surface area (Å²) in [5.41, 5.74) is 1.99. The second-order valence-corrected chi connectivity index (χ2v) is 3.87. The van der Waals surface area contributed by atoms with Gasteiger partial charge in [0, 0.05) is 24.3 Å².